The number of fused-ring (bicyclic) bond motifs is 1. The third-order valence-corrected chi connectivity index (χ3v) is 6.39. The van der Waals surface area contributed by atoms with Gasteiger partial charge in [0.1, 0.15) is 11.0 Å². The number of phenols is 1. The van der Waals surface area contributed by atoms with Crippen LogP contribution in [0, 0.1) is 13.8 Å². The highest BCUT2D eigenvalue weighted by molar-refractivity contribution is 8.16. The topological polar surface area (TPSA) is 57.4 Å². The van der Waals surface area contributed by atoms with Crippen LogP contribution in [0.3, 0.4) is 0 Å². The maximum absolute atomic E-state index is 9.91. The first-order chi connectivity index (χ1) is 14.6. The zero-order valence-corrected chi connectivity index (χ0v) is 17.5. The van der Waals surface area contributed by atoms with Crippen LogP contribution in [0.25, 0.3) is 0 Å². The molecule has 6 heteroatoms. The summed E-state index contributed by atoms with van der Waals surface area (Å²) in [6.45, 7) is 4.14. The van der Waals surface area contributed by atoms with Gasteiger partial charge in [-0.25, -0.2) is 4.99 Å². The van der Waals surface area contributed by atoms with Gasteiger partial charge in [0.2, 0.25) is 0 Å². The molecule has 0 radical (unpaired) electrons. The Bertz CT molecular complexity index is 1140. The number of rotatable bonds is 3. The van der Waals surface area contributed by atoms with Crippen LogP contribution in [0.1, 0.15) is 22.8 Å². The van der Waals surface area contributed by atoms with Gasteiger partial charge in [-0.1, -0.05) is 64.4 Å². The lowest BCUT2D eigenvalue weighted by molar-refractivity contribution is 0.0882. The molecule has 0 spiro atoms. The average molecular weight is 416 g/mol. The van der Waals surface area contributed by atoms with Gasteiger partial charge in [0.25, 0.3) is 0 Å². The summed E-state index contributed by atoms with van der Waals surface area (Å²) in [5.41, 5.74) is 5.19. The van der Waals surface area contributed by atoms with Gasteiger partial charge in [0.05, 0.1) is 5.69 Å². The van der Waals surface area contributed by atoms with E-state index in [0.717, 1.165) is 27.9 Å². The second-order valence-electron chi connectivity index (χ2n) is 7.51. The summed E-state index contributed by atoms with van der Waals surface area (Å²) in [5.74, 6) is 1.04. The van der Waals surface area contributed by atoms with Crippen LogP contribution < -0.4 is 4.90 Å². The normalized spacial score (nSPS) is 21.5. The fraction of sp³-hybridized carbons (Fsp3) is 0.167. The molecular formula is C24H21N3O2S. The van der Waals surface area contributed by atoms with Crippen molar-refractivity contribution < 1.29 is 9.94 Å². The molecule has 2 aliphatic rings. The number of aryl methyl sites for hydroxylation is 2. The molecule has 3 aromatic rings. The Hall–Kier alpha value is -3.25. The van der Waals surface area contributed by atoms with Crippen molar-refractivity contribution in [3.05, 3.63) is 89.5 Å². The zero-order valence-electron chi connectivity index (χ0n) is 16.7. The van der Waals surface area contributed by atoms with Crippen molar-refractivity contribution in [2.75, 3.05) is 4.90 Å². The van der Waals surface area contributed by atoms with Crippen LogP contribution in [0.15, 0.2) is 82.9 Å². The lowest BCUT2D eigenvalue weighted by Gasteiger charge is -2.18. The standard InChI is InChI=1S/C24H21N3O2S/c1-15-6-10-18(11-7-15)25-24-27(19-12-8-16(2)9-13-19)23-22(30-24)21(29-26-23)17-4-3-5-20(28)14-17/h3-14,21-22,28H,1-2H3. The maximum Gasteiger partial charge on any atom is 0.175 e. The van der Waals surface area contributed by atoms with Crippen molar-refractivity contribution in [3.63, 3.8) is 0 Å². The Morgan fingerprint density at radius 2 is 1.67 bits per heavy atom. The predicted octanol–water partition coefficient (Wildman–Crippen LogP) is 5.70. The number of amidine groups is 2. The van der Waals surface area contributed by atoms with E-state index in [1.54, 1.807) is 23.9 Å². The SMILES string of the molecule is Cc1ccc(N=C2SC3C(=NOC3c3cccc(O)c3)N2c2ccc(C)cc2)cc1. The van der Waals surface area contributed by atoms with Crippen molar-refractivity contribution in [3.8, 4) is 5.75 Å². The first-order valence-corrected chi connectivity index (χ1v) is 10.7. The molecule has 3 aromatic carbocycles. The van der Waals surface area contributed by atoms with Crippen LogP contribution in [0.2, 0.25) is 0 Å². The Balaban J connectivity index is 1.55. The number of thioether (sulfide) groups is 1. The minimum Gasteiger partial charge on any atom is -0.508 e. The number of benzene rings is 3. The molecule has 0 aliphatic carbocycles. The quantitative estimate of drug-likeness (QED) is 0.596. The number of nitrogens with zero attached hydrogens (tertiary/aromatic N) is 3. The fourth-order valence-electron chi connectivity index (χ4n) is 3.58. The highest BCUT2D eigenvalue weighted by atomic mass is 32.2. The van der Waals surface area contributed by atoms with Crippen LogP contribution >= 0.6 is 11.8 Å². The molecule has 150 valence electrons. The van der Waals surface area contributed by atoms with Gasteiger partial charge < -0.3 is 9.94 Å². The molecule has 1 fully saturated rings. The molecule has 5 nitrogen and oxygen atoms in total. The van der Waals surface area contributed by atoms with Crippen LogP contribution in [0.4, 0.5) is 11.4 Å². The van der Waals surface area contributed by atoms with E-state index in [0.29, 0.717) is 0 Å². The van der Waals surface area contributed by atoms with Crippen molar-refractivity contribution in [1.29, 1.82) is 0 Å². The highest BCUT2D eigenvalue weighted by Gasteiger charge is 2.47. The Morgan fingerprint density at radius 3 is 2.37 bits per heavy atom. The van der Waals surface area contributed by atoms with E-state index in [9.17, 15) is 5.11 Å². The molecule has 2 unspecified atom stereocenters. The first-order valence-electron chi connectivity index (χ1n) is 9.80. The second kappa shape index (κ2) is 7.54. The van der Waals surface area contributed by atoms with Gasteiger partial charge in [-0.3, -0.25) is 4.90 Å². The summed E-state index contributed by atoms with van der Waals surface area (Å²) in [4.78, 5) is 12.8. The first kappa shape index (κ1) is 18.8. The molecule has 2 aliphatic heterocycles. The van der Waals surface area contributed by atoms with E-state index >= 15 is 0 Å². The van der Waals surface area contributed by atoms with E-state index in [1.165, 1.54) is 11.1 Å². The summed E-state index contributed by atoms with van der Waals surface area (Å²) < 4.78 is 0. The van der Waals surface area contributed by atoms with E-state index in [4.69, 9.17) is 9.83 Å². The largest absolute Gasteiger partial charge is 0.508 e. The maximum atomic E-state index is 9.91. The fourth-order valence-corrected chi connectivity index (χ4v) is 4.85. The lowest BCUT2D eigenvalue weighted by Crippen LogP contribution is -2.31. The van der Waals surface area contributed by atoms with Crippen molar-refractivity contribution in [1.82, 2.24) is 0 Å². The third-order valence-electron chi connectivity index (χ3n) is 5.19. The molecule has 0 amide bonds. The molecule has 0 bridgehead atoms. The number of oxime groups is 1. The van der Waals surface area contributed by atoms with Gasteiger partial charge >= 0.3 is 0 Å². The average Bonchev–Trinajstić information content (AvgIpc) is 3.29. The molecule has 0 aromatic heterocycles. The highest BCUT2D eigenvalue weighted by Crippen LogP contribution is 2.45. The van der Waals surface area contributed by atoms with Crippen LogP contribution in [-0.4, -0.2) is 21.4 Å². The monoisotopic (exact) mass is 415 g/mol. The summed E-state index contributed by atoms with van der Waals surface area (Å²) in [6.07, 6.45) is -0.282. The molecular weight excluding hydrogens is 394 g/mol. The van der Waals surface area contributed by atoms with Crippen LogP contribution in [0.5, 0.6) is 5.75 Å². The Morgan fingerprint density at radius 1 is 0.967 bits per heavy atom. The van der Waals surface area contributed by atoms with E-state index in [2.05, 4.69) is 60.3 Å². The van der Waals surface area contributed by atoms with E-state index in [1.807, 2.05) is 24.3 Å². The number of phenolic OH excluding ortho intramolecular Hbond substituents is 1. The van der Waals surface area contributed by atoms with E-state index < -0.39 is 0 Å². The van der Waals surface area contributed by atoms with Crippen molar-refractivity contribution >= 4 is 34.1 Å². The van der Waals surface area contributed by atoms with Gasteiger partial charge in [0, 0.05) is 11.3 Å². The molecule has 5 rings (SSSR count). The Labute approximate surface area is 179 Å². The lowest BCUT2D eigenvalue weighted by atomic mass is 10.1. The summed E-state index contributed by atoms with van der Waals surface area (Å²) in [6, 6.07) is 23.7. The number of anilines is 1. The minimum absolute atomic E-state index is 0.0442. The zero-order chi connectivity index (χ0) is 20.7. The molecule has 30 heavy (non-hydrogen) atoms. The number of aromatic hydroxyl groups is 1. The van der Waals surface area contributed by atoms with Crippen LogP contribution in [-0.2, 0) is 4.84 Å². The van der Waals surface area contributed by atoms with Gasteiger partial charge in [-0.15, -0.1) is 0 Å². The van der Waals surface area contributed by atoms with Crippen molar-refractivity contribution in [2.24, 2.45) is 10.1 Å². The van der Waals surface area contributed by atoms with E-state index in [-0.39, 0.29) is 17.1 Å². The molecule has 1 N–H and O–H groups in total. The minimum atomic E-state index is -0.282. The Kier molecular flexibility index (Phi) is 4.71. The molecule has 1 saturated heterocycles. The van der Waals surface area contributed by atoms with Gasteiger partial charge in [-0.2, -0.15) is 0 Å². The number of hydrogen-bond donors (Lipinski definition) is 1. The molecule has 2 atom stereocenters. The predicted molar refractivity (Wildman–Crippen MR) is 123 cm³/mol. The number of hydrogen-bond acceptors (Lipinski definition) is 5. The third kappa shape index (κ3) is 3.44. The van der Waals surface area contributed by atoms with Gasteiger partial charge in [0.15, 0.2) is 17.1 Å². The summed E-state index contributed by atoms with van der Waals surface area (Å²) >= 11 is 1.63. The van der Waals surface area contributed by atoms with Crippen molar-refractivity contribution in [2.45, 2.75) is 25.2 Å². The second-order valence-corrected chi connectivity index (χ2v) is 8.62. The molecule has 2 heterocycles. The summed E-state index contributed by atoms with van der Waals surface area (Å²) in [5, 5.41) is 15.2. The molecule has 0 saturated carbocycles. The number of aliphatic imine (C=N–C) groups is 1. The smallest absolute Gasteiger partial charge is 0.175 e. The summed E-state index contributed by atoms with van der Waals surface area (Å²) in [7, 11) is 0. The van der Waals surface area contributed by atoms with Gasteiger partial charge in [-0.05, 0) is 50.2 Å².